The lowest BCUT2D eigenvalue weighted by Crippen LogP contribution is -2.19. The minimum Gasteiger partial charge on any atom is -0.382 e. The van der Waals surface area contributed by atoms with Gasteiger partial charge in [0.1, 0.15) is 11.6 Å². The number of anilines is 1. The molecule has 19 heavy (non-hydrogen) atoms. The molecule has 0 spiro atoms. The predicted octanol–water partition coefficient (Wildman–Crippen LogP) is 1.85. The highest BCUT2D eigenvalue weighted by Gasteiger charge is 2.13. The average Bonchev–Trinajstić information content (AvgIpc) is 2.34. The van der Waals surface area contributed by atoms with E-state index in [1.807, 2.05) is 0 Å². The van der Waals surface area contributed by atoms with Gasteiger partial charge in [0.05, 0.1) is 18.1 Å². The molecule has 0 aliphatic heterocycles. The van der Waals surface area contributed by atoms with Gasteiger partial charge in [0.15, 0.2) is 0 Å². The Balaban J connectivity index is 2.51. The number of rotatable bonds is 7. The number of nitro groups is 1. The maximum absolute atomic E-state index is 11.5. The maximum atomic E-state index is 11.5. The van der Waals surface area contributed by atoms with Crippen LogP contribution in [0.3, 0.4) is 0 Å². The molecular weight excluding hydrogens is 276 g/mol. The molecule has 0 bridgehead atoms. The highest BCUT2D eigenvalue weighted by molar-refractivity contribution is 6.33. The van der Waals surface area contributed by atoms with Gasteiger partial charge >= 0.3 is 0 Å². The molecule has 0 aliphatic carbocycles. The number of benzene rings is 1. The lowest BCUT2D eigenvalue weighted by Gasteiger charge is -2.06. The highest BCUT2D eigenvalue weighted by atomic mass is 35.5. The summed E-state index contributed by atoms with van der Waals surface area (Å²) < 4.78 is 9.78. The lowest BCUT2D eigenvalue weighted by atomic mass is 10.3. The molecule has 0 saturated heterocycles. The number of nitrogens with zero attached hydrogens (tertiary/aromatic N) is 1. The van der Waals surface area contributed by atoms with Crippen LogP contribution in [0.2, 0.25) is 5.02 Å². The van der Waals surface area contributed by atoms with E-state index >= 15 is 0 Å². The van der Waals surface area contributed by atoms with Crippen molar-refractivity contribution in [3.63, 3.8) is 0 Å². The zero-order chi connectivity index (χ0) is 14.3. The van der Waals surface area contributed by atoms with Crippen molar-refractivity contribution in [2.24, 2.45) is 0 Å². The fraction of sp³-hybridized carbons (Fsp3) is 0.364. The highest BCUT2D eigenvalue weighted by Crippen LogP contribution is 2.27. The smallest absolute Gasteiger partial charge is 0.288 e. The van der Waals surface area contributed by atoms with Gasteiger partial charge in [-0.25, -0.2) is 0 Å². The van der Waals surface area contributed by atoms with Crippen LogP contribution in [0, 0.1) is 10.1 Å². The maximum Gasteiger partial charge on any atom is 0.288 e. The summed E-state index contributed by atoms with van der Waals surface area (Å²) in [5, 5.41) is 13.0. The number of carbonyl (C=O) groups is 1. The first kappa shape index (κ1) is 15.4. The fourth-order valence-electron chi connectivity index (χ4n) is 1.24. The summed E-state index contributed by atoms with van der Waals surface area (Å²) in [7, 11) is 1.53. The first-order chi connectivity index (χ1) is 9.04. The van der Waals surface area contributed by atoms with Gasteiger partial charge < -0.3 is 14.8 Å². The number of ether oxygens (including phenoxy) is 2. The van der Waals surface area contributed by atoms with Crippen molar-refractivity contribution in [3.05, 3.63) is 33.3 Å². The zero-order valence-corrected chi connectivity index (χ0v) is 11.0. The first-order valence-corrected chi connectivity index (χ1v) is 5.73. The molecule has 1 N–H and O–H groups in total. The molecule has 0 unspecified atom stereocenters. The van der Waals surface area contributed by atoms with E-state index in [0.717, 1.165) is 0 Å². The van der Waals surface area contributed by atoms with Crippen molar-refractivity contribution in [2.75, 3.05) is 32.2 Å². The minimum absolute atomic E-state index is 0.0388. The van der Waals surface area contributed by atoms with Gasteiger partial charge in [-0.3, -0.25) is 14.9 Å². The second-order valence-electron chi connectivity index (χ2n) is 3.52. The van der Waals surface area contributed by atoms with Crippen molar-refractivity contribution in [1.82, 2.24) is 0 Å². The van der Waals surface area contributed by atoms with Crippen LogP contribution in [0.4, 0.5) is 11.4 Å². The molecule has 0 atom stereocenters. The van der Waals surface area contributed by atoms with Crippen molar-refractivity contribution >= 4 is 28.9 Å². The molecule has 104 valence electrons. The van der Waals surface area contributed by atoms with Crippen LogP contribution in [0.15, 0.2) is 18.2 Å². The second kappa shape index (κ2) is 7.67. The number of hydrogen-bond acceptors (Lipinski definition) is 5. The first-order valence-electron chi connectivity index (χ1n) is 5.35. The Morgan fingerprint density at radius 2 is 2.21 bits per heavy atom. The second-order valence-corrected chi connectivity index (χ2v) is 3.92. The quantitative estimate of drug-likeness (QED) is 0.470. The van der Waals surface area contributed by atoms with Crippen molar-refractivity contribution in [3.8, 4) is 0 Å². The van der Waals surface area contributed by atoms with Crippen molar-refractivity contribution < 1.29 is 19.2 Å². The zero-order valence-electron chi connectivity index (χ0n) is 10.2. The van der Waals surface area contributed by atoms with Gasteiger partial charge in [-0.1, -0.05) is 11.6 Å². The summed E-state index contributed by atoms with van der Waals surface area (Å²) in [6, 6.07) is 3.94. The molecule has 1 rings (SSSR count). The molecular formula is C11H13ClN2O5. The van der Waals surface area contributed by atoms with Crippen LogP contribution >= 0.6 is 11.6 Å². The van der Waals surface area contributed by atoms with Crippen molar-refractivity contribution in [1.29, 1.82) is 0 Å². The molecule has 1 aromatic rings. The molecule has 1 aromatic carbocycles. The molecule has 8 heteroatoms. The van der Waals surface area contributed by atoms with E-state index < -0.39 is 4.92 Å². The minimum atomic E-state index is -0.595. The van der Waals surface area contributed by atoms with Crippen LogP contribution < -0.4 is 5.32 Å². The van der Waals surface area contributed by atoms with E-state index in [0.29, 0.717) is 18.9 Å². The standard InChI is InChI=1S/C11H13ClN2O5/c1-18-4-5-19-7-11(15)13-8-2-3-10(14(16)17)9(12)6-8/h2-3,6H,4-5,7H2,1H3,(H,13,15). The van der Waals surface area contributed by atoms with Gasteiger partial charge in [0.25, 0.3) is 5.69 Å². The Morgan fingerprint density at radius 3 is 2.79 bits per heavy atom. The Hall–Kier alpha value is -1.70. The Bertz CT molecular complexity index is 466. The number of nitro benzene ring substituents is 1. The Kier molecular flexibility index (Phi) is 6.20. The number of halogens is 1. The van der Waals surface area contributed by atoms with E-state index in [1.54, 1.807) is 0 Å². The normalized spacial score (nSPS) is 10.2. The lowest BCUT2D eigenvalue weighted by molar-refractivity contribution is -0.384. The van der Waals surface area contributed by atoms with Gasteiger partial charge in [0.2, 0.25) is 5.91 Å². The van der Waals surface area contributed by atoms with Crippen LogP contribution in [0.25, 0.3) is 0 Å². The summed E-state index contributed by atoms with van der Waals surface area (Å²) in [5.74, 6) is -0.374. The molecule has 0 heterocycles. The molecule has 0 saturated carbocycles. The number of amides is 1. The fourth-order valence-corrected chi connectivity index (χ4v) is 1.49. The van der Waals surface area contributed by atoms with Crippen LogP contribution in [-0.4, -0.2) is 37.8 Å². The summed E-state index contributed by atoms with van der Waals surface area (Å²) in [6.45, 7) is 0.583. The number of carbonyl (C=O) groups excluding carboxylic acids is 1. The third-order valence-corrected chi connectivity index (χ3v) is 2.40. The molecule has 0 radical (unpaired) electrons. The van der Waals surface area contributed by atoms with Gasteiger partial charge in [0, 0.05) is 18.9 Å². The summed E-state index contributed by atoms with van der Waals surface area (Å²) in [6.07, 6.45) is 0. The molecule has 0 aromatic heterocycles. The van der Waals surface area contributed by atoms with Gasteiger partial charge in [-0.2, -0.15) is 0 Å². The summed E-state index contributed by atoms with van der Waals surface area (Å²) in [5.41, 5.74) is 0.159. The van der Waals surface area contributed by atoms with Gasteiger partial charge in [-0.05, 0) is 12.1 Å². The third kappa shape index (κ3) is 5.21. The van der Waals surface area contributed by atoms with E-state index in [4.69, 9.17) is 21.1 Å². The van der Waals surface area contributed by atoms with E-state index in [1.165, 1.54) is 25.3 Å². The number of nitrogens with one attached hydrogen (secondary N) is 1. The van der Waals surface area contributed by atoms with Crippen LogP contribution in [0.5, 0.6) is 0 Å². The topological polar surface area (TPSA) is 90.7 Å². The average molecular weight is 289 g/mol. The predicted molar refractivity (Wildman–Crippen MR) is 69.4 cm³/mol. The van der Waals surface area contributed by atoms with E-state index in [-0.39, 0.29) is 23.2 Å². The van der Waals surface area contributed by atoms with E-state index in [2.05, 4.69) is 5.32 Å². The third-order valence-electron chi connectivity index (χ3n) is 2.09. The summed E-state index contributed by atoms with van der Waals surface area (Å²) in [4.78, 5) is 21.4. The van der Waals surface area contributed by atoms with E-state index in [9.17, 15) is 14.9 Å². The summed E-state index contributed by atoms with van der Waals surface area (Å²) >= 11 is 5.71. The van der Waals surface area contributed by atoms with Gasteiger partial charge in [-0.15, -0.1) is 0 Å². The van der Waals surface area contributed by atoms with Crippen LogP contribution in [-0.2, 0) is 14.3 Å². The Labute approximate surface area is 114 Å². The number of methoxy groups -OCH3 is 1. The Morgan fingerprint density at radius 1 is 1.47 bits per heavy atom. The molecule has 1 amide bonds. The SMILES string of the molecule is COCCOCC(=O)Nc1ccc([N+](=O)[O-])c(Cl)c1. The number of hydrogen-bond donors (Lipinski definition) is 1. The van der Waals surface area contributed by atoms with Crippen molar-refractivity contribution in [2.45, 2.75) is 0 Å². The molecule has 0 fully saturated rings. The molecule has 0 aliphatic rings. The largest absolute Gasteiger partial charge is 0.382 e. The molecule has 7 nitrogen and oxygen atoms in total. The van der Waals surface area contributed by atoms with Crippen LogP contribution in [0.1, 0.15) is 0 Å². The monoisotopic (exact) mass is 288 g/mol.